The summed E-state index contributed by atoms with van der Waals surface area (Å²) >= 11 is 0. The molecule has 0 unspecified atom stereocenters. The number of phenols is 1. The molecule has 1 aliphatic carbocycles. The lowest BCUT2D eigenvalue weighted by Crippen LogP contribution is -2.41. The summed E-state index contributed by atoms with van der Waals surface area (Å²) in [6.07, 6.45) is 7.04. The Labute approximate surface area is 135 Å². The number of aromatic hydroxyl groups is 1. The Bertz CT molecular complexity index is 543. The molecule has 0 aliphatic heterocycles. The first-order chi connectivity index (χ1) is 11.1. The first-order valence-corrected chi connectivity index (χ1v) is 7.68. The van der Waals surface area contributed by atoms with Crippen LogP contribution in [-0.4, -0.2) is 37.6 Å². The van der Waals surface area contributed by atoms with Crippen LogP contribution in [0.5, 0.6) is 17.2 Å². The summed E-state index contributed by atoms with van der Waals surface area (Å²) in [7, 11) is 2.90. The highest BCUT2D eigenvalue weighted by Gasteiger charge is 2.15. The van der Waals surface area contributed by atoms with E-state index in [-0.39, 0.29) is 29.3 Å². The Balaban J connectivity index is 1.93. The van der Waals surface area contributed by atoms with Crippen molar-refractivity contribution < 1.29 is 19.4 Å². The number of urea groups is 1. The maximum Gasteiger partial charge on any atom is 0.335 e. The molecule has 2 amide bonds. The Morgan fingerprint density at radius 3 is 2.39 bits per heavy atom. The normalized spacial score (nSPS) is 15.4. The van der Waals surface area contributed by atoms with Gasteiger partial charge >= 0.3 is 6.03 Å². The maximum atomic E-state index is 11.8. The molecule has 7 heteroatoms. The van der Waals surface area contributed by atoms with Gasteiger partial charge in [-0.3, -0.25) is 0 Å². The van der Waals surface area contributed by atoms with Crippen molar-refractivity contribution in [2.45, 2.75) is 38.1 Å². The highest BCUT2D eigenvalue weighted by atomic mass is 16.5. The fraction of sp³-hybridized carbons (Fsp3) is 0.500. The summed E-state index contributed by atoms with van der Waals surface area (Å²) in [4.78, 5) is 11.8. The Hall–Kier alpha value is -2.44. The molecule has 0 aromatic heterocycles. The van der Waals surface area contributed by atoms with Gasteiger partial charge < -0.3 is 19.9 Å². The summed E-state index contributed by atoms with van der Waals surface area (Å²) in [6, 6.07) is 3.11. The van der Waals surface area contributed by atoms with E-state index in [9.17, 15) is 9.90 Å². The van der Waals surface area contributed by atoms with Crippen LogP contribution in [0.1, 0.15) is 37.7 Å². The summed E-state index contributed by atoms with van der Waals surface area (Å²) in [6.45, 7) is 0. The quantitative estimate of drug-likeness (QED) is 0.573. The number of nitrogens with zero attached hydrogens (tertiary/aromatic N) is 1. The van der Waals surface area contributed by atoms with E-state index >= 15 is 0 Å². The first kappa shape index (κ1) is 16.9. The molecule has 7 nitrogen and oxygen atoms in total. The molecule has 0 spiro atoms. The fourth-order valence-corrected chi connectivity index (χ4v) is 2.62. The molecule has 2 rings (SSSR count). The zero-order valence-electron chi connectivity index (χ0n) is 13.5. The summed E-state index contributed by atoms with van der Waals surface area (Å²) < 4.78 is 10.1. The van der Waals surface area contributed by atoms with Crippen molar-refractivity contribution in [1.29, 1.82) is 0 Å². The number of nitrogens with one attached hydrogen (secondary N) is 2. The van der Waals surface area contributed by atoms with Gasteiger partial charge in [0.1, 0.15) is 0 Å². The highest BCUT2D eigenvalue weighted by molar-refractivity contribution is 5.84. The second kappa shape index (κ2) is 8.26. The van der Waals surface area contributed by atoms with Gasteiger partial charge in [0.05, 0.1) is 20.4 Å². The van der Waals surface area contributed by atoms with Crippen LogP contribution in [0.3, 0.4) is 0 Å². The lowest BCUT2D eigenvalue weighted by Gasteiger charge is -2.22. The minimum Gasteiger partial charge on any atom is -0.502 e. The van der Waals surface area contributed by atoms with Crippen LogP contribution in [0.2, 0.25) is 0 Å². The largest absolute Gasteiger partial charge is 0.502 e. The van der Waals surface area contributed by atoms with Crippen molar-refractivity contribution in [2.75, 3.05) is 14.2 Å². The number of rotatable bonds is 5. The topological polar surface area (TPSA) is 92.2 Å². The van der Waals surface area contributed by atoms with Gasteiger partial charge in [-0.05, 0) is 25.0 Å². The average molecular weight is 321 g/mol. The van der Waals surface area contributed by atoms with Gasteiger partial charge in [-0.15, -0.1) is 0 Å². The molecule has 0 bridgehead atoms. The highest BCUT2D eigenvalue weighted by Crippen LogP contribution is 2.36. The van der Waals surface area contributed by atoms with Gasteiger partial charge in [-0.2, -0.15) is 5.10 Å². The van der Waals surface area contributed by atoms with Crippen LogP contribution in [-0.2, 0) is 0 Å². The van der Waals surface area contributed by atoms with Crippen molar-refractivity contribution in [2.24, 2.45) is 5.10 Å². The predicted molar refractivity (Wildman–Crippen MR) is 87.3 cm³/mol. The zero-order chi connectivity index (χ0) is 16.7. The number of methoxy groups -OCH3 is 2. The smallest absolute Gasteiger partial charge is 0.335 e. The van der Waals surface area contributed by atoms with Crippen molar-refractivity contribution in [1.82, 2.24) is 10.7 Å². The molecule has 0 saturated heterocycles. The third-order valence-corrected chi connectivity index (χ3v) is 3.82. The van der Waals surface area contributed by atoms with Gasteiger partial charge in [0.15, 0.2) is 11.5 Å². The molecule has 3 N–H and O–H groups in total. The molecule has 1 saturated carbocycles. The lowest BCUT2D eigenvalue weighted by molar-refractivity contribution is 0.233. The molecular formula is C16H23N3O4. The minimum absolute atomic E-state index is 0.0739. The van der Waals surface area contributed by atoms with E-state index in [1.807, 2.05) is 0 Å². The molecule has 1 aromatic rings. The number of phenolic OH excluding ortho intramolecular Hbond substituents is 1. The van der Waals surface area contributed by atoms with Gasteiger partial charge in [0, 0.05) is 11.6 Å². The van der Waals surface area contributed by atoms with E-state index in [4.69, 9.17) is 9.47 Å². The zero-order valence-corrected chi connectivity index (χ0v) is 13.5. The van der Waals surface area contributed by atoms with Crippen molar-refractivity contribution >= 4 is 12.2 Å². The number of carbonyl (C=O) groups is 1. The Morgan fingerprint density at radius 2 is 1.83 bits per heavy atom. The van der Waals surface area contributed by atoms with Gasteiger partial charge in [-0.25, -0.2) is 10.2 Å². The summed E-state index contributed by atoms with van der Waals surface area (Å²) in [5.41, 5.74) is 3.08. The number of carbonyl (C=O) groups excluding carboxylic acids is 1. The lowest BCUT2D eigenvalue weighted by atomic mass is 9.96. The number of ether oxygens (including phenoxy) is 2. The van der Waals surface area contributed by atoms with Crippen LogP contribution in [0, 0.1) is 0 Å². The molecule has 0 heterocycles. The fourth-order valence-electron chi connectivity index (χ4n) is 2.62. The molecule has 1 fully saturated rings. The SMILES string of the molecule is COc1cc(/C=N/NC(=O)NC2CCCCC2)cc(OC)c1O. The number of hydrazone groups is 1. The first-order valence-electron chi connectivity index (χ1n) is 7.68. The average Bonchev–Trinajstić information content (AvgIpc) is 2.57. The van der Waals surface area contributed by atoms with Crippen LogP contribution in [0.15, 0.2) is 17.2 Å². The number of hydrogen-bond donors (Lipinski definition) is 3. The monoisotopic (exact) mass is 321 g/mol. The van der Waals surface area contributed by atoms with Crippen LogP contribution in [0.4, 0.5) is 4.79 Å². The van der Waals surface area contributed by atoms with Crippen LogP contribution in [0.25, 0.3) is 0 Å². The van der Waals surface area contributed by atoms with E-state index in [0.717, 1.165) is 25.7 Å². The second-order valence-corrected chi connectivity index (χ2v) is 5.45. The van der Waals surface area contributed by atoms with Gasteiger partial charge in [-0.1, -0.05) is 19.3 Å². The second-order valence-electron chi connectivity index (χ2n) is 5.45. The third kappa shape index (κ3) is 4.77. The minimum atomic E-state index is -0.314. The van der Waals surface area contributed by atoms with Gasteiger partial charge in [0.25, 0.3) is 0 Å². The molecule has 0 atom stereocenters. The van der Waals surface area contributed by atoms with E-state index < -0.39 is 0 Å². The maximum absolute atomic E-state index is 11.8. The molecule has 23 heavy (non-hydrogen) atoms. The molecule has 1 aliphatic rings. The predicted octanol–water partition coefficient (Wildman–Crippen LogP) is 2.38. The van der Waals surface area contributed by atoms with Gasteiger partial charge in [0.2, 0.25) is 5.75 Å². The Kier molecular flexibility index (Phi) is 6.08. The Morgan fingerprint density at radius 1 is 1.22 bits per heavy atom. The molecule has 1 aromatic carbocycles. The standard InChI is InChI=1S/C16H23N3O4/c1-22-13-8-11(9-14(23-2)15(13)20)10-17-19-16(21)18-12-6-4-3-5-7-12/h8-10,12,20H,3-7H2,1-2H3,(H2,18,19,21)/b17-10+. The van der Waals surface area contributed by atoms with Crippen LogP contribution < -0.4 is 20.2 Å². The molecular weight excluding hydrogens is 298 g/mol. The third-order valence-electron chi connectivity index (χ3n) is 3.82. The summed E-state index contributed by atoms with van der Waals surface area (Å²) in [5, 5.41) is 16.6. The van der Waals surface area contributed by atoms with E-state index in [2.05, 4.69) is 15.8 Å². The van der Waals surface area contributed by atoms with E-state index in [1.54, 1.807) is 12.1 Å². The van der Waals surface area contributed by atoms with Crippen molar-refractivity contribution in [3.05, 3.63) is 17.7 Å². The number of benzene rings is 1. The molecule has 126 valence electrons. The van der Waals surface area contributed by atoms with E-state index in [1.165, 1.54) is 26.9 Å². The van der Waals surface area contributed by atoms with Crippen LogP contribution >= 0.6 is 0 Å². The number of hydrogen-bond acceptors (Lipinski definition) is 5. The van der Waals surface area contributed by atoms with Crippen molar-refractivity contribution in [3.8, 4) is 17.2 Å². The van der Waals surface area contributed by atoms with E-state index in [0.29, 0.717) is 5.56 Å². The summed E-state index contributed by atoms with van der Waals surface area (Å²) in [5.74, 6) is 0.477. The van der Waals surface area contributed by atoms with Crippen molar-refractivity contribution in [3.63, 3.8) is 0 Å². The molecule has 0 radical (unpaired) electrons. The number of amides is 2.